The average Bonchev–Trinajstić information content (AvgIpc) is 2.29. The van der Waals surface area contributed by atoms with Crippen molar-refractivity contribution in [2.75, 3.05) is 13.1 Å². The van der Waals surface area contributed by atoms with Crippen molar-refractivity contribution in [1.29, 1.82) is 0 Å². The first-order valence-electron chi connectivity index (χ1n) is 5.92. The van der Waals surface area contributed by atoms with Gasteiger partial charge in [0.15, 0.2) is 0 Å². The summed E-state index contributed by atoms with van der Waals surface area (Å²) in [5.41, 5.74) is 5.31. The van der Waals surface area contributed by atoms with Crippen LogP contribution in [0.15, 0.2) is 29.2 Å². The molecule has 0 atom stereocenters. The Balaban J connectivity index is 2.71. The van der Waals surface area contributed by atoms with Crippen LogP contribution >= 0.6 is 0 Å². The summed E-state index contributed by atoms with van der Waals surface area (Å²) in [5, 5.41) is 0. The van der Waals surface area contributed by atoms with Gasteiger partial charge in [0.25, 0.3) is 0 Å². The monoisotopic (exact) mass is 272 g/mol. The predicted octanol–water partition coefficient (Wildman–Crippen LogP) is 1.10. The molecule has 0 radical (unpaired) electrons. The number of nitrogens with two attached hydrogens (primary N) is 1. The topological polar surface area (TPSA) is 81.4 Å². The third-order valence-corrected chi connectivity index (χ3v) is 3.66. The Hall–Kier alpha value is -1.11. The average molecular weight is 272 g/mol. The maximum absolute atomic E-state index is 11.8. The molecule has 3 N–H and O–H groups in total. The largest absolute Gasteiger partial charge is 0.491 e. The predicted molar refractivity (Wildman–Crippen MR) is 71.1 cm³/mol. The molecule has 0 aliphatic heterocycles. The molecular weight excluding hydrogens is 252 g/mol. The van der Waals surface area contributed by atoms with Crippen molar-refractivity contribution in [3.8, 4) is 5.75 Å². The van der Waals surface area contributed by atoms with E-state index in [1.54, 1.807) is 12.1 Å². The summed E-state index contributed by atoms with van der Waals surface area (Å²) in [5.74, 6) is 0.658. The van der Waals surface area contributed by atoms with Crippen molar-refractivity contribution < 1.29 is 13.2 Å². The van der Waals surface area contributed by atoms with Crippen LogP contribution < -0.4 is 15.2 Å². The fourth-order valence-electron chi connectivity index (χ4n) is 1.36. The molecule has 0 amide bonds. The van der Waals surface area contributed by atoms with Gasteiger partial charge < -0.3 is 10.5 Å². The second-order valence-corrected chi connectivity index (χ2v) is 5.94. The second-order valence-electron chi connectivity index (χ2n) is 4.18. The highest BCUT2D eigenvalue weighted by Crippen LogP contribution is 2.16. The Morgan fingerprint density at radius 2 is 1.89 bits per heavy atom. The zero-order valence-electron chi connectivity index (χ0n) is 10.7. The lowest BCUT2D eigenvalue weighted by Crippen LogP contribution is -2.26. The highest BCUT2D eigenvalue weighted by molar-refractivity contribution is 7.89. The first kappa shape index (κ1) is 14.9. The number of nitrogens with one attached hydrogen (secondary N) is 1. The molecule has 1 rings (SSSR count). The molecule has 1 aromatic carbocycles. The van der Waals surface area contributed by atoms with E-state index in [2.05, 4.69) is 4.72 Å². The molecule has 0 aromatic heterocycles. The normalized spacial score (nSPS) is 11.8. The maximum Gasteiger partial charge on any atom is 0.240 e. The summed E-state index contributed by atoms with van der Waals surface area (Å²) >= 11 is 0. The van der Waals surface area contributed by atoms with Crippen LogP contribution in [0.3, 0.4) is 0 Å². The van der Waals surface area contributed by atoms with Crippen LogP contribution in [0.4, 0.5) is 0 Å². The van der Waals surface area contributed by atoms with E-state index in [0.717, 1.165) is 0 Å². The van der Waals surface area contributed by atoms with Gasteiger partial charge in [0.2, 0.25) is 10.0 Å². The Kier molecular flexibility index (Phi) is 5.58. The quantitative estimate of drug-likeness (QED) is 0.728. The van der Waals surface area contributed by atoms with Crippen LogP contribution in [0.1, 0.15) is 20.3 Å². The summed E-state index contributed by atoms with van der Waals surface area (Å²) in [6.45, 7) is 4.64. The zero-order chi connectivity index (χ0) is 13.6. The van der Waals surface area contributed by atoms with Crippen molar-refractivity contribution in [2.45, 2.75) is 31.3 Å². The molecule has 1 aromatic rings. The number of sulfonamides is 1. The van der Waals surface area contributed by atoms with Crippen LogP contribution in [0.5, 0.6) is 5.75 Å². The summed E-state index contributed by atoms with van der Waals surface area (Å²) in [6, 6.07) is 6.36. The van der Waals surface area contributed by atoms with Crippen molar-refractivity contribution in [3.63, 3.8) is 0 Å². The van der Waals surface area contributed by atoms with Gasteiger partial charge in [0.05, 0.1) is 11.0 Å². The van der Waals surface area contributed by atoms with E-state index in [-0.39, 0.29) is 11.0 Å². The molecule has 0 aliphatic rings. The SMILES string of the molecule is CC(C)Oc1ccc(S(=O)(=O)NCCCN)cc1. The van der Waals surface area contributed by atoms with E-state index < -0.39 is 10.0 Å². The third kappa shape index (κ3) is 4.64. The van der Waals surface area contributed by atoms with Crippen molar-refractivity contribution >= 4 is 10.0 Å². The first-order chi connectivity index (χ1) is 8.45. The maximum atomic E-state index is 11.8. The van der Waals surface area contributed by atoms with E-state index in [9.17, 15) is 8.42 Å². The summed E-state index contributed by atoms with van der Waals surface area (Å²) in [7, 11) is -3.44. The number of hydrogen-bond acceptors (Lipinski definition) is 4. The minimum Gasteiger partial charge on any atom is -0.491 e. The number of rotatable bonds is 7. The molecule has 6 heteroatoms. The lowest BCUT2D eigenvalue weighted by molar-refractivity contribution is 0.242. The van der Waals surface area contributed by atoms with Crippen LogP contribution in [0.2, 0.25) is 0 Å². The van der Waals surface area contributed by atoms with Gasteiger partial charge in [0, 0.05) is 6.54 Å². The van der Waals surface area contributed by atoms with E-state index in [4.69, 9.17) is 10.5 Å². The first-order valence-corrected chi connectivity index (χ1v) is 7.40. The van der Waals surface area contributed by atoms with Crippen molar-refractivity contribution in [3.05, 3.63) is 24.3 Å². The van der Waals surface area contributed by atoms with Gasteiger partial charge in [-0.05, 0) is 51.1 Å². The minimum atomic E-state index is -3.44. The molecule has 0 fully saturated rings. The number of benzene rings is 1. The van der Waals surface area contributed by atoms with Gasteiger partial charge >= 0.3 is 0 Å². The second kappa shape index (κ2) is 6.72. The van der Waals surface area contributed by atoms with Gasteiger partial charge in [-0.3, -0.25) is 0 Å². The Morgan fingerprint density at radius 3 is 2.39 bits per heavy atom. The van der Waals surface area contributed by atoms with Gasteiger partial charge in [-0.25, -0.2) is 13.1 Å². The summed E-state index contributed by atoms with van der Waals surface area (Å²) < 4.78 is 31.6. The molecule has 102 valence electrons. The van der Waals surface area contributed by atoms with Gasteiger partial charge in [0.1, 0.15) is 5.75 Å². The summed E-state index contributed by atoms with van der Waals surface area (Å²) in [4.78, 5) is 0.232. The molecule has 0 saturated carbocycles. The molecule has 0 saturated heterocycles. The van der Waals surface area contributed by atoms with E-state index in [0.29, 0.717) is 25.3 Å². The van der Waals surface area contributed by atoms with E-state index in [1.807, 2.05) is 13.8 Å². The van der Waals surface area contributed by atoms with Crippen molar-refractivity contribution in [1.82, 2.24) is 4.72 Å². The number of ether oxygens (including phenoxy) is 1. The van der Waals surface area contributed by atoms with Gasteiger partial charge in [-0.15, -0.1) is 0 Å². The van der Waals surface area contributed by atoms with Crippen LogP contribution in [0, 0.1) is 0 Å². The minimum absolute atomic E-state index is 0.0649. The molecular formula is C12H20N2O3S. The smallest absolute Gasteiger partial charge is 0.240 e. The highest BCUT2D eigenvalue weighted by Gasteiger charge is 2.12. The fraction of sp³-hybridized carbons (Fsp3) is 0.500. The molecule has 0 unspecified atom stereocenters. The standard InChI is InChI=1S/C12H20N2O3S/c1-10(2)17-11-4-6-12(7-5-11)18(15,16)14-9-3-8-13/h4-7,10,14H,3,8-9,13H2,1-2H3. The lowest BCUT2D eigenvalue weighted by atomic mass is 10.3. The number of hydrogen-bond donors (Lipinski definition) is 2. The fourth-order valence-corrected chi connectivity index (χ4v) is 2.44. The highest BCUT2D eigenvalue weighted by atomic mass is 32.2. The third-order valence-electron chi connectivity index (χ3n) is 2.18. The molecule has 18 heavy (non-hydrogen) atoms. The van der Waals surface area contributed by atoms with Gasteiger partial charge in [-0.2, -0.15) is 0 Å². The van der Waals surface area contributed by atoms with Crippen molar-refractivity contribution in [2.24, 2.45) is 5.73 Å². The zero-order valence-corrected chi connectivity index (χ0v) is 11.5. The summed E-state index contributed by atoms with van der Waals surface area (Å²) in [6.07, 6.45) is 0.684. The molecule has 0 bridgehead atoms. The Labute approximate surface area is 108 Å². The molecule has 0 aliphatic carbocycles. The van der Waals surface area contributed by atoms with E-state index in [1.165, 1.54) is 12.1 Å². The van der Waals surface area contributed by atoms with Gasteiger partial charge in [-0.1, -0.05) is 0 Å². The van der Waals surface area contributed by atoms with E-state index >= 15 is 0 Å². The Morgan fingerprint density at radius 1 is 1.28 bits per heavy atom. The lowest BCUT2D eigenvalue weighted by Gasteiger charge is -2.10. The molecule has 0 heterocycles. The molecule has 5 nitrogen and oxygen atoms in total. The molecule has 0 spiro atoms. The van der Waals surface area contributed by atoms with Crippen LogP contribution in [-0.2, 0) is 10.0 Å². The van der Waals surface area contributed by atoms with Crippen LogP contribution in [0.25, 0.3) is 0 Å². The van der Waals surface area contributed by atoms with Crippen LogP contribution in [-0.4, -0.2) is 27.6 Å². The Bertz CT molecular complexity index is 455.